The Kier molecular flexibility index (Phi) is 6.00. The molecular weight excluding hydrogens is 290 g/mol. The van der Waals surface area contributed by atoms with E-state index in [1.807, 2.05) is 37.3 Å². The van der Waals surface area contributed by atoms with E-state index in [4.69, 9.17) is 20.9 Å². The van der Waals surface area contributed by atoms with E-state index in [1.54, 1.807) is 12.1 Å². The molecule has 0 spiro atoms. The maximum Gasteiger partial charge on any atom is 0.216 e. The zero-order chi connectivity index (χ0) is 16.7. The lowest BCUT2D eigenvalue weighted by molar-refractivity contribution is 0.243. The zero-order valence-corrected chi connectivity index (χ0v) is 13.4. The van der Waals surface area contributed by atoms with E-state index in [-0.39, 0.29) is 6.04 Å². The van der Waals surface area contributed by atoms with Gasteiger partial charge in [0.1, 0.15) is 25.0 Å². The van der Waals surface area contributed by atoms with Crippen LogP contribution in [0.2, 0.25) is 0 Å². The Balaban J connectivity index is 1.87. The number of nitrogens with two attached hydrogens (primary N) is 2. The summed E-state index contributed by atoms with van der Waals surface area (Å²) in [4.78, 5) is 4.49. The lowest BCUT2D eigenvalue weighted by Gasteiger charge is -2.08. The van der Waals surface area contributed by atoms with Crippen LogP contribution in [0.3, 0.4) is 0 Å². The van der Waals surface area contributed by atoms with Gasteiger partial charge in [-0.1, -0.05) is 18.7 Å². The minimum absolute atomic E-state index is 0.0385. The SMILES string of the molecule is C=C(/C=C\C(=C/C)CN)C1=NC(COc2ccc(N)cc2)CO1. The average molecular weight is 313 g/mol. The molecule has 0 saturated carbocycles. The van der Waals surface area contributed by atoms with Gasteiger partial charge in [-0.2, -0.15) is 0 Å². The number of hydrogen-bond acceptors (Lipinski definition) is 5. The number of hydrogen-bond donors (Lipinski definition) is 2. The lowest BCUT2D eigenvalue weighted by atomic mass is 10.2. The second-order valence-electron chi connectivity index (χ2n) is 5.21. The van der Waals surface area contributed by atoms with E-state index < -0.39 is 0 Å². The highest BCUT2D eigenvalue weighted by atomic mass is 16.5. The van der Waals surface area contributed by atoms with E-state index in [0.29, 0.717) is 31.3 Å². The predicted octanol–water partition coefficient (Wildman–Crippen LogP) is 2.46. The highest BCUT2D eigenvalue weighted by Gasteiger charge is 2.20. The van der Waals surface area contributed by atoms with Crippen molar-refractivity contribution in [1.29, 1.82) is 0 Å². The molecule has 1 aromatic rings. The molecule has 5 heteroatoms. The smallest absolute Gasteiger partial charge is 0.216 e. The molecule has 1 unspecified atom stereocenters. The average Bonchev–Trinajstić information content (AvgIpc) is 3.04. The van der Waals surface area contributed by atoms with Crippen LogP contribution in [0.25, 0.3) is 0 Å². The predicted molar refractivity (Wildman–Crippen MR) is 94.6 cm³/mol. The highest BCUT2D eigenvalue weighted by molar-refractivity contribution is 5.96. The van der Waals surface area contributed by atoms with Crippen LogP contribution in [0.1, 0.15) is 6.92 Å². The third kappa shape index (κ3) is 5.00. The highest BCUT2D eigenvalue weighted by Crippen LogP contribution is 2.16. The van der Waals surface area contributed by atoms with E-state index in [2.05, 4.69) is 11.6 Å². The Morgan fingerprint density at radius 1 is 1.39 bits per heavy atom. The minimum Gasteiger partial charge on any atom is -0.491 e. The van der Waals surface area contributed by atoms with Crippen LogP contribution in [0.15, 0.2) is 65.2 Å². The fraction of sp³-hybridized carbons (Fsp3) is 0.278. The standard InChI is InChI=1S/C18H23N3O2/c1-3-14(10-19)5-4-13(2)18-21-16(12-23-18)11-22-17-8-6-15(20)7-9-17/h3-9,16H,2,10-12,19-20H2,1H3/b5-4-,14-3+. The molecule has 5 nitrogen and oxygen atoms in total. The maximum absolute atomic E-state index is 5.69. The van der Waals surface area contributed by atoms with E-state index in [9.17, 15) is 0 Å². The first-order valence-electron chi connectivity index (χ1n) is 7.54. The molecule has 122 valence electrons. The third-order valence-corrected chi connectivity index (χ3v) is 3.41. The summed E-state index contributed by atoms with van der Waals surface area (Å²) >= 11 is 0. The molecule has 0 saturated heterocycles. The molecule has 2 rings (SSSR count). The van der Waals surface area contributed by atoms with E-state index in [0.717, 1.165) is 16.9 Å². The van der Waals surface area contributed by atoms with Crippen LogP contribution in [-0.2, 0) is 4.74 Å². The number of ether oxygens (including phenoxy) is 2. The summed E-state index contributed by atoms with van der Waals surface area (Å²) in [5.74, 6) is 1.32. The minimum atomic E-state index is -0.0385. The molecule has 0 bridgehead atoms. The number of nitrogens with zero attached hydrogens (tertiary/aromatic N) is 1. The molecule has 1 heterocycles. The number of nitrogen functional groups attached to an aromatic ring is 1. The summed E-state index contributed by atoms with van der Waals surface area (Å²) in [6.07, 6.45) is 5.75. The van der Waals surface area contributed by atoms with Crippen molar-refractivity contribution in [1.82, 2.24) is 0 Å². The van der Waals surface area contributed by atoms with Crippen molar-refractivity contribution in [3.8, 4) is 5.75 Å². The fourth-order valence-electron chi connectivity index (χ4n) is 1.99. The Bertz CT molecular complexity index is 630. The molecule has 0 aromatic heterocycles. The van der Waals surface area contributed by atoms with Crippen molar-refractivity contribution in [3.05, 3.63) is 60.2 Å². The van der Waals surface area contributed by atoms with E-state index in [1.165, 1.54) is 0 Å². The first-order valence-corrected chi connectivity index (χ1v) is 7.54. The van der Waals surface area contributed by atoms with Crippen LogP contribution < -0.4 is 16.2 Å². The van der Waals surface area contributed by atoms with Gasteiger partial charge in [0.25, 0.3) is 0 Å². The number of benzene rings is 1. The summed E-state index contributed by atoms with van der Waals surface area (Å²) in [5, 5.41) is 0. The molecular formula is C18H23N3O2. The fourth-order valence-corrected chi connectivity index (χ4v) is 1.99. The monoisotopic (exact) mass is 313 g/mol. The topological polar surface area (TPSA) is 82.9 Å². The molecule has 1 aliphatic rings. The molecule has 1 atom stereocenters. The summed E-state index contributed by atoms with van der Waals surface area (Å²) in [6, 6.07) is 7.24. The van der Waals surface area contributed by atoms with Crippen LogP contribution in [0.5, 0.6) is 5.75 Å². The summed E-state index contributed by atoms with van der Waals surface area (Å²) in [7, 11) is 0. The number of anilines is 1. The molecule has 0 aliphatic carbocycles. The number of rotatable bonds is 7. The largest absolute Gasteiger partial charge is 0.491 e. The van der Waals surface area contributed by atoms with Gasteiger partial charge in [-0.15, -0.1) is 0 Å². The van der Waals surface area contributed by atoms with Crippen molar-refractivity contribution in [2.24, 2.45) is 10.7 Å². The molecule has 1 aliphatic heterocycles. The van der Waals surface area contributed by atoms with E-state index >= 15 is 0 Å². The first kappa shape index (κ1) is 16.8. The first-order chi connectivity index (χ1) is 11.1. The van der Waals surface area contributed by atoms with Crippen molar-refractivity contribution in [2.75, 3.05) is 25.5 Å². The van der Waals surface area contributed by atoms with Crippen LogP contribution in [0.4, 0.5) is 5.69 Å². The second kappa shape index (κ2) is 8.19. The summed E-state index contributed by atoms with van der Waals surface area (Å²) in [5.41, 5.74) is 13.7. The lowest BCUT2D eigenvalue weighted by Crippen LogP contribution is -2.16. The summed E-state index contributed by atoms with van der Waals surface area (Å²) < 4.78 is 11.3. The van der Waals surface area contributed by atoms with Crippen molar-refractivity contribution in [2.45, 2.75) is 13.0 Å². The van der Waals surface area contributed by atoms with Crippen molar-refractivity contribution >= 4 is 11.6 Å². The molecule has 0 fully saturated rings. The normalized spacial score (nSPS) is 17.9. The van der Waals surface area contributed by atoms with Gasteiger partial charge < -0.3 is 20.9 Å². The van der Waals surface area contributed by atoms with Crippen LogP contribution in [-0.4, -0.2) is 31.7 Å². The van der Waals surface area contributed by atoms with Gasteiger partial charge in [0.15, 0.2) is 0 Å². The van der Waals surface area contributed by atoms with Gasteiger partial charge in [-0.3, -0.25) is 0 Å². The molecule has 23 heavy (non-hydrogen) atoms. The van der Waals surface area contributed by atoms with Crippen LogP contribution >= 0.6 is 0 Å². The molecule has 4 N–H and O–H groups in total. The Hall–Kier alpha value is -2.53. The summed E-state index contributed by atoms with van der Waals surface area (Å²) in [6.45, 7) is 7.36. The zero-order valence-electron chi connectivity index (χ0n) is 13.4. The molecule has 0 amide bonds. The third-order valence-electron chi connectivity index (χ3n) is 3.41. The van der Waals surface area contributed by atoms with Gasteiger partial charge in [-0.05, 0) is 42.8 Å². The quantitative estimate of drug-likeness (QED) is 0.598. The maximum atomic E-state index is 5.69. The Morgan fingerprint density at radius 3 is 2.78 bits per heavy atom. The molecule has 1 aromatic carbocycles. The van der Waals surface area contributed by atoms with Gasteiger partial charge >= 0.3 is 0 Å². The van der Waals surface area contributed by atoms with Gasteiger partial charge in [-0.25, -0.2) is 4.99 Å². The molecule has 0 radical (unpaired) electrons. The Labute approximate surface area is 137 Å². The van der Waals surface area contributed by atoms with Crippen LogP contribution in [0, 0.1) is 0 Å². The Morgan fingerprint density at radius 2 is 2.13 bits per heavy atom. The van der Waals surface area contributed by atoms with Gasteiger partial charge in [0, 0.05) is 17.8 Å². The number of aliphatic imine (C=N–C) groups is 1. The number of allylic oxidation sites excluding steroid dienone is 1. The van der Waals surface area contributed by atoms with Crippen molar-refractivity contribution in [3.63, 3.8) is 0 Å². The van der Waals surface area contributed by atoms with Gasteiger partial charge in [0.05, 0.1) is 0 Å². The van der Waals surface area contributed by atoms with Crippen molar-refractivity contribution < 1.29 is 9.47 Å². The second-order valence-corrected chi connectivity index (χ2v) is 5.21. The van der Waals surface area contributed by atoms with Gasteiger partial charge in [0.2, 0.25) is 5.90 Å².